The first-order valence-electron chi connectivity index (χ1n) is 9.87. The molecule has 0 saturated carbocycles. The highest BCUT2D eigenvalue weighted by molar-refractivity contribution is 5.85. The quantitative estimate of drug-likeness (QED) is 0.350. The Balaban J connectivity index is 2.00. The summed E-state index contributed by atoms with van der Waals surface area (Å²) < 4.78 is 5.17. The van der Waals surface area contributed by atoms with Gasteiger partial charge in [-0.05, 0) is 43.5 Å². The van der Waals surface area contributed by atoms with Crippen LogP contribution in [0.5, 0.6) is 5.75 Å². The Morgan fingerprint density at radius 1 is 1.04 bits per heavy atom. The number of benzene rings is 1. The van der Waals surface area contributed by atoms with Gasteiger partial charge in [0.05, 0.1) is 0 Å². The predicted molar refractivity (Wildman–Crippen MR) is 107 cm³/mol. The molecule has 0 atom stereocenters. The zero-order chi connectivity index (χ0) is 18.9. The van der Waals surface area contributed by atoms with Crippen LogP contribution in [0.25, 0.3) is 10.9 Å². The number of nitrogens with one attached hydrogen (secondary N) is 1. The van der Waals surface area contributed by atoms with Crippen LogP contribution in [0.4, 0.5) is 0 Å². The highest BCUT2D eigenvalue weighted by atomic mass is 16.5. The van der Waals surface area contributed by atoms with Gasteiger partial charge >= 0.3 is 5.97 Å². The second-order valence-electron chi connectivity index (χ2n) is 7.08. The Hall–Kier alpha value is -2.10. The maximum atomic E-state index is 12.4. The summed E-state index contributed by atoms with van der Waals surface area (Å²) in [5, 5.41) is 0.943. The summed E-state index contributed by atoms with van der Waals surface area (Å²) in [6.07, 6.45) is 10.8. The van der Waals surface area contributed by atoms with E-state index in [0.717, 1.165) is 41.3 Å². The number of H-pyrrole nitrogens is 1. The third-order valence-electron chi connectivity index (χ3n) is 4.91. The second-order valence-corrected chi connectivity index (χ2v) is 7.08. The first-order chi connectivity index (χ1) is 12.5. The number of unbranched alkanes of at least 4 members (excludes halogenated alkanes) is 7. The van der Waals surface area contributed by atoms with Gasteiger partial charge in [-0.25, -0.2) is 0 Å². The molecule has 0 fully saturated rings. The fourth-order valence-electron chi connectivity index (χ4n) is 3.44. The molecule has 2 aromatic rings. The number of aryl methyl sites for hydroxylation is 1. The third kappa shape index (κ3) is 5.72. The maximum Gasteiger partial charge on any atom is 0.308 e. The summed E-state index contributed by atoms with van der Waals surface area (Å²) in [7, 11) is 0. The van der Waals surface area contributed by atoms with E-state index in [1.54, 1.807) is 12.1 Å². The van der Waals surface area contributed by atoms with E-state index in [1.165, 1.54) is 45.4 Å². The van der Waals surface area contributed by atoms with Gasteiger partial charge in [0.25, 0.3) is 5.56 Å². The minimum Gasteiger partial charge on any atom is -0.427 e. The molecular weight excluding hydrogens is 326 g/mol. The number of fused-ring (bicyclic) bond motifs is 1. The lowest BCUT2D eigenvalue weighted by Crippen LogP contribution is -2.15. The highest BCUT2D eigenvalue weighted by Crippen LogP contribution is 2.24. The smallest absolute Gasteiger partial charge is 0.308 e. The number of carbonyl (C=O) groups excluding carboxylic acids is 1. The number of aromatic nitrogens is 1. The Morgan fingerprint density at radius 2 is 1.69 bits per heavy atom. The van der Waals surface area contributed by atoms with Crippen molar-refractivity contribution >= 4 is 16.9 Å². The molecule has 1 aromatic carbocycles. The van der Waals surface area contributed by atoms with Crippen LogP contribution in [0.1, 0.15) is 76.3 Å². The summed E-state index contributed by atoms with van der Waals surface area (Å²) in [6.45, 7) is 5.60. The van der Waals surface area contributed by atoms with Crippen molar-refractivity contribution in [3.8, 4) is 5.75 Å². The van der Waals surface area contributed by atoms with E-state index in [4.69, 9.17) is 4.74 Å². The van der Waals surface area contributed by atoms with E-state index in [9.17, 15) is 9.59 Å². The van der Waals surface area contributed by atoms with Gasteiger partial charge in [-0.1, -0.05) is 51.9 Å². The van der Waals surface area contributed by atoms with Crippen LogP contribution in [-0.4, -0.2) is 11.0 Å². The van der Waals surface area contributed by atoms with E-state index >= 15 is 0 Å². The van der Waals surface area contributed by atoms with Crippen LogP contribution in [0.3, 0.4) is 0 Å². The predicted octanol–water partition coefficient (Wildman–Crippen LogP) is 5.45. The molecule has 0 aliphatic carbocycles. The SMILES string of the molecule is CCCCCCCCCCc1c(C)c2cc(OC(C)=O)ccc2[nH]c1=O. The van der Waals surface area contributed by atoms with Crippen molar-refractivity contribution in [3.63, 3.8) is 0 Å². The fraction of sp³-hybridized carbons (Fsp3) is 0.545. The lowest BCUT2D eigenvalue weighted by molar-refractivity contribution is -0.131. The minimum atomic E-state index is -0.342. The largest absolute Gasteiger partial charge is 0.427 e. The van der Waals surface area contributed by atoms with Crippen molar-refractivity contribution in [2.24, 2.45) is 0 Å². The summed E-state index contributed by atoms with van der Waals surface area (Å²) in [5.74, 6) is 0.170. The molecule has 2 rings (SSSR count). The van der Waals surface area contributed by atoms with E-state index < -0.39 is 0 Å². The Kier molecular flexibility index (Phi) is 7.89. The van der Waals surface area contributed by atoms with E-state index in [-0.39, 0.29) is 11.5 Å². The van der Waals surface area contributed by atoms with Gasteiger partial charge in [0.1, 0.15) is 5.75 Å². The molecule has 142 valence electrons. The van der Waals surface area contributed by atoms with Gasteiger partial charge in [0, 0.05) is 23.4 Å². The van der Waals surface area contributed by atoms with E-state index in [0.29, 0.717) is 5.75 Å². The topological polar surface area (TPSA) is 59.2 Å². The normalized spacial score (nSPS) is 11.0. The lowest BCUT2D eigenvalue weighted by Gasteiger charge is -2.10. The number of hydrogen-bond donors (Lipinski definition) is 1. The van der Waals surface area contributed by atoms with Crippen LogP contribution in [0, 0.1) is 6.92 Å². The number of rotatable bonds is 10. The average molecular weight is 357 g/mol. The van der Waals surface area contributed by atoms with Crippen LogP contribution in [-0.2, 0) is 11.2 Å². The number of aromatic amines is 1. The second kappa shape index (κ2) is 10.1. The Labute approximate surface area is 156 Å². The molecule has 0 radical (unpaired) electrons. The zero-order valence-corrected chi connectivity index (χ0v) is 16.3. The number of pyridine rings is 1. The fourth-order valence-corrected chi connectivity index (χ4v) is 3.44. The molecular formula is C22H31NO3. The van der Waals surface area contributed by atoms with Crippen molar-refractivity contribution in [3.05, 3.63) is 39.7 Å². The molecule has 0 unspecified atom stereocenters. The molecule has 4 nitrogen and oxygen atoms in total. The molecule has 0 bridgehead atoms. The first-order valence-corrected chi connectivity index (χ1v) is 9.87. The number of ether oxygens (including phenoxy) is 1. The van der Waals surface area contributed by atoms with Crippen molar-refractivity contribution in [1.82, 2.24) is 4.98 Å². The van der Waals surface area contributed by atoms with Crippen molar-refractivity contribution < 1.29 is 9.53 Å². The van der Waals surface area contributed by atoms with Crippen LogP contribution in [0.15, 0.2) is 23.0 Å². The summed E-state index contributed by atoms with van der Waals surface area (Å²) in [5.41, 5.74) is 2.62. The monoisotopic (exact) mass is 357 g/mol. The van der Waals surface area contributed by atoms with Crippen molar-refractivity contribution in [2.45, 2.75) is 78.6 Å². The molecule has 1 aromatic heterocycles. The third-order valence-corrected chi connectivity index (χ3v) is 4.91. The van der Waals surface area contributed by atoms with Gasteiger partial charge < -0.3 is 9.72 Å². The molecule has 0 saturated heterocycles. The Bertz CT molecular complexity index is 792. The summed E-state index contributed by atoms with van der Waals surface area (Å²) >= 11 is 0. The number of esters is 1. The lowest BCUT2D eigenvalue weighted by atomic mass is 9.99. The molecule has 26 heavy (non-hydrogen) atoms. The zero-order valence-electron chi connectivity index (χ0n) is 16.3. The molecule has 0 aliphatic rings. The molecule has 0 amide bonds. The Morgan fingerprint density at radius 3 is 2.35 bits per heavy atom. The maximum absolute atomic E-state index is 12.4. The van der Waals surface area contributed by atoms with Gasteiger partial charge in [-0.15, -0.1) is 0 Å². The minimum absolute atomic E-state index is 0.00168. The number of hydrogen-bond acceptors (Lipinski definition) is 3. The van der Waals surface area contributed by atoms with Crippen LogP contribution < -0.4 is 10.3 Å². The average Bonchev–Trinajstić information content (AvgIpc) is 2.60. The highest BCUT2D eigenvalue weighted by Gasteiger charge is 2.10. The van der Waals surface area contributed by atoms with Crippen LogP contribution in [0.2, 0.25) is 0 Å². The van der Waals surface area contributed by atoms with Gasteiger partial charge in [-0.3, -0.25) is 9.59 Å². The molecule has 0 spiro atoms. The molecule has 1 N–H and O–H groups in total. The standard InChI is InChI=1S/C22H31NO3/c1-4-5-6-7-8-9-10-11-12-19-16(2)20-15-18(26-17(3)24)13-14-21(20)23-22(19)25/h13-15H,4-12H2,1-3H3,(H,23,25). The first kappa shape index (κ1) is 20.2. The van der Waals surface area contributed by atoms with E-state index in [1.807, 2.05) is 13.0 Å². The molecule has 4 heteroatoms. The van der Waals surface area contributed by atoms with E-state index in [2.05, 4.69) is 11.9 Å². The van der Waals surface area contributed by atoms with Crippen molar-refractivity contribution in [2.75, 3.05) is 0 Å². The molecule has 1 heterocycles. The van der Waals surface area contributed by atoms with Crippen LogP contribution >= 0.6 is 0 Å². The number of carbonyl (C=O) groups is 1. The van der Waals surface area contributed by atoms with Gasteiger partial charge in [-0.2, -0.15) is 0 Å². The van der Waals surface area contributed by atoms with Gasteiger partial charge in [0.15, 0.2) is 0 Å². The summed E-state index contributed by atoms with van der Waals surface area (Å²) in [6, 6.07) is 5.33. The molecule has 0 aliphatic heterocycles. The summed E-state index contributed by atoms with van der Waals surface area (Å²) in [4.78, 5) is 26.5. The van der Waals surface area contributed by atoms with Crippen molar-refractivity contribution in [1.29, 1.82) is 0 Å². The van der Waals surface area contributed by atoms with Gasteiger partial charge in [0.2, 0.25) is 0 Å².